The van der Waals surface area contributed by atoms with Crippen LogP contribution in [0.2, 0.25) is 0 Å². The van der Waals surface area contributed by atoms with Crippen molar-refractivity contribution in [2.75, 3.05) is 20.7 Å². The number of aryl methyl sites for hydroxylation is 1. The van der Waals surface area contributed by atoms with Gasteiger partial charge in [0, 0.05) is 7.05 Å². The van der Waals surface area contributed by atoms with Crippen molar-refractivity contribution in [1.82, 2.24) is 9.62 Å². The van der Waals surface area contributed by atoms with Crippen LogP contribution >= 0.6 is 0 Å². The average Bonchev–Trinajstić information content (AvgIpc) is 2.61. The third-order valence-corrected chi connectivity index (χ3v) is 5.98. The van der Waals surface area contributed by atoms with Gasteiger partial charge >= 0.3 is 0 Å². The lowest BCUT2D eigenvalue weighted by atomic mass is 10.0. The Morgan fingerprint density at radius 2 is 1.77 bits per heavy atom. The molecule has 0 aliphatic heterocycles. The number of hydrogen-bond acceptors (Lipinski definition) is 4. The molecule has 1 N–H and O–H groups in total. The Hall–Kier alpha value is -2.38. The van der Waals surface area contributed by atoms with Crippen molar-refractivity contribution in [1.29, 1.82) is 0 Å². The minimum Gasteiger partial charge on any atom is -0.497 e. The fraction of sp³-hybridized carbons (Fsp3) is 0.316. The molecule has 0 heterocycles. The monoisotopic (exact) mass is 376 g/mol. The molecular formula is C19H24N2O4S. The maximum atomic E-state index is 12.6. The summed E-state index contributed by atoms with van der Waals surface area (Å²) in [6.07, 6.45) is 0. The van der Waals surface area contributed by atoms with Gasteiger partial charge in [-0.3, -0.25) is 4.79 Å². The maximum Gasteiger partial charge on any atom is 0.243 e. The van der Waals surface area contributed by atoms with E-state index >= 15 is 0 Å². The Morgan fingerprint density at radius 1 is 1.15 bits per heavy atom. The van der Waals surface area contributed by atoms with Gasteiger partial charge in [0.1, 0.15) is 5.75 Å². The highest BCUT2D eigenvalue weighted by molar-refractivity contribution is 7.89. The minimum absolute atomic E-state index is 0.112. The highest BCUT2D eigenvalue weighted by atomic mass is 32.2. The van der Waals surface area contributed by atoms with Gasteiger partial charge < -0.3 is 10.1 Å². The van der Waals surface area contributed by atoms with Crippen molar-refractivity contribution < 1.29 is 17.9 Å². The first kappa shape index (κ1) is 19.9. The number of nitrogens with one attached hydrogen (secondary N) is 1. The summed E-state index contributed by atoms with van der Waals surface area (Å²) < 4.78 is 31.2. The van der Waals surface area contributed by atoms with E-state index in [0.717, 1.165) is 15.4 Å². The summed E-state index contributed by atoms with van der Waals surface area (Å²) in [5.41, 5.74) is 2.07. The molecule has 1 atom stereocenters. The number of amides is 1. The van der Waals surface area contributed by atoms with Crippen molar-refractivity contribution in [3.8, 4) is 5.75 Å². The van der Waals surface area contributed by atoms with E-state index < -0.39 is 10.0 Å². The molecule has 0 saturated carbocycles. The van der Waals surface area contributed by atoms with Crippen LogP contribution in [-0.4, -0.2) is 39.3 Å². The van der Waals surface area contributed by atoms with Crippen LogP contribution in [-0.2, 0) is 14.8 Å². The Morgan fingerprint density at radius 3 is 2.35 bits per heavy atom. The van der Waals surface area contributed by atoms with Crippen LogP contribution in [0, 0.1) is 6.92 Å². The minimum atomic E-state index is -3.75. The van der Waals surface area contributed by atoms with Crippen LogP contribution < -0.4 is 10.1 Å². The molecule has 0 aliphatic carbocycles. The molecule has 2 rings (SSSR count). The summed E-state index contributed by atoms with van der Waals surface area (Å²) in [6.45, 7) is 3.58. The zero-order chi connectivity index (χ0) is 19.3. The van der Waals surface area contributed by atoms with E-state index in [1.165, 1.54) is 26.3 Å². The Balaban J connectivity index is 2.04. The van der Waals surface area contributed by atoms with Crippen molar-refractivity contribution >= 4 is 15.9 Å². The first-order chi connectivity index (χ1) is 12.3. The Labute approximate surface area is 154 Å². The molecule has 2 aromatic rings. The van der Waals surface area contributed by atoms with Gasteiger partial charge in [0.2, 0.25) is 15.9 Å². The molecule has 2 aromatic carbocycles. The summed E-state index contributed by atoms with van der Waals surface area (Å²) in [5.74, 6) is 0.205. The molecule has 6 nitrogen and oxygen atoms in total. The van der Waals surface area contributed by atoms with Crippen LogP contribution in [0.3, 0.4) is 0 Å². The summed E-state index contributed by atoms with van der Waals surface area (Å²) in [5, 5.41) is 2.84. The average molecular weight is 376 g/mol. The smallest absolute Gasteiger partial charge is 0.243 e. The molecule has 0 unspecified atom stereocenters. The van der Waals surface area contributed by atoms with E-state index in [0.29, 0.717) is 5.75 Å². The second-order valence-electron chi connectivity index (χ2n) is 6.08. The number of ether oxygens (including phenoxy) is 1. The summed E-state index contributed by atoms with van der Waals surface area (Å²) in [6, 6.07) is 13.6. The van der Waals surface area contributed by atoms with Gasteiger partial charge in [-0.2, -0.15) is 4.31 Å². The fourth-order valence-electron chi connectivity index (χ4n) is 2.65. The van der Waals surface area contributed by atoms with Crippen molar-refractivity contribution in [3.05, 3.63) is 59.7 Å². The number of nitrogens with zero attached hydrogens (tertiary/aromatic N) is 1. The van der Waals surface area contributed by atoms with E-state index in [-0.39, 0.29) is 23.4 Å². The largest absolute Gasteiger partial charge is 0.497 e. The molecule has 0 aromatic heterocycles. The first-order valence-corrected chi connectivity index (χ1v) is 9.65. The number of rotatable bonds is 7. The summed E-state index contributed by atoms with van der Waals surface area (Å²) >= 11 is 0. The van der Waals surface area contributed by atoms with Gasteiger partial charge in [0.25, 0.3) is 0 Å². The number of sulfonamides is 1. The fourth-order valence-corrected chi connectivity index (χ4v) is 3.78. The quantitative estimate of drug-likeness (QED) is 0.806. The number of hydrogen-bond donors (Lipinski definition) is 1. The van der Waals surface area contributed by atoms with Crippen LogP contribution in [0.1, 0.15) is 24.1 Å². The van der Waals surface area contributed by atoms with Gasteiger partial charge in [0.15, 0.2) is 0 Å². The van der Waals surface area contributed by atoms with E-state index in [9.17, 15) is 13.2 Å². The molecule has 0 radical (unpaired) electrons. The molecule has 0 fully saturated rings. The normalized spacial score (nSPS) is 12.7. The van der Waals surface area contributed by atoms with E-state index in [1.807, 2.05) is 38.1 Å². The second kappa shape index (κ2) is 8.33. The molecule has 26 heavy (non-hydrogen) atoms. The third kappa shape index (κ3) is 4.62. The SMILES string of the molecule is COc1ccc(S(=O)(=O)N(C)CC(=O)N[C@H](C)c2ccccc2C)cc1. The molecule has 0 bridgehead atoms. The lowest BCUT2D eigenvalue weighted by molar-refractivity contribution is -0.121. The Kier molecular flexibility index (Phi) is 6.39. The standard InChI is InChI=1S/C19H24N2O4S/c1-14-7-5-6-8-18(14)15(2)20-19(22)13-21(3)26(23,24)17-11-9-16(25-4)10-12-17/h5-12,15H,13H2,1-4H3,(H,20,22)/t15-/m1/s1. The van der Waals surface area contributed by atoms with Gasteiger partial charge in [-0.15, -0.1) is 0 Å². The highest BCUT2D eigenvalue weighted by Gasteiger charge is 2.23. The number of likely N-dealkylation sites (N-methyl/N-ethyl adjacent to an activating group) is 1. The molecule has 140 valence electrons. The molecule has 7 heteroatoms. The molecule has 1 amide bonds. The lowest BCUT2D eigenvalue weighted by Gasteiger charge is -2.20. The van der Waals surface area contributed by atoms with Crippen LogP contribution in [0.5, 0.6) is 5.75 Å². The summed E-state index contributed by atoms with van der Waals surface area (Å²) in [4.78, 5) is 12.4. The van der Waals surface area contributed by atoms with Gasteiger partial charge in [-0.1, -0.05) is 24.3 Å². The van der Waals surface area contributed by atoms with Gasteiger partial charge in [-0.05, 0) is 49.2 Å². The van der Waals surface area contributed by atoms with Crippen molar-refractivity contribution in [2.45, 2.75) is 24.8 Å². The number of carbonyl (C=O) groups is 1. The lowest BCUT2D eigenvalue weighted by Crippen LogP contribution is -2.39. The van der Waals surface area contributed by atoms with Gasteiger partial charge in [0.05, 0.1) is 24.6 Å². The van der Waals surface area contributed by atoms with Crippen LogP contribution in [0.15, 0.2) is 53.4 Å². The van der Waals surface area contributed by atoms with Gasteiger partial charge in [-0.25, -0.2) is 8.42 Å². The van der Waals surface area contributed by atoms with Crippen molar-refractivity contribution in [2.24, 2.45) is 0 Å². The van der Waals surface area contributed by atoms with E-state index in [2.05, 4.69) is 5.32 Å². The second-order valence-corrected chi connectivity index (χ2v) is 8.13. The summed E-state index contributed by atoms with van der Waals surface area (Å²) in [7, 11) is -0.855. The number of benzene rings is 2. The third-order valence-electron chi connectivity index (χ3n) is 4.17. The highest BCUT2D eigenvalue weighted by Crippen LogP contribution is 2.19. The molecule has 0 saturated heterocycles. The van der Waals surface area contributed by atoms with E-state index in [1.54, 1.807) is 12.1 Å². The molecular weight excluding hydrogens is 352 g/mol. The zero-order valence-corrected chi connectivity index (χ0v) is 16.2. The first-order valence-electron chi connectivity index (χ1n) is 8.21. The number of methoxy groups -OCH3 is 1. The van der Waals surface area contributed by atoms with Crippen LogP contribution in [0.25, 0.3) is 0 Å². The van der Waals surface area contributed by atoms with Crippen LogP contribution in [0.4, 0.5) is 0 Å². The predicted molar refractivity (Wildman–Crippen MR) is 101 cm³/mol. The maximum absolute atomic E-state index is 12.6. The zero-order valence-electron chi connectivity index (χ0n) is 15.4. The van der Waals surface area contributed by atoms with Crippen molar-refractivity contribution in [3.63, 3.8) is 0 Å². The molecule has 0 spiro atoms. The van der Waals surface area contributed by atoms with E-state index in [4.69, 9.17) is 4.74 Å². The Bertz CT molecular complexity index is 863. The predicted octanol–water partition coefficient (Wildman–Crippen LogP) is 2.50. The number of carbonyl (C=O) groups excluding carboxylic acids is 1. The molecule has 0 aliphatic rings. The topological polar surface area (TPSA) is 75.7 Å².